The molecule has 1 heterocycles. The molecule has 0 N–H and O–H groups in total. The van der Waals surface area contributed by atoms with Crippen molar-refractivity contribution in [2.45, 2.75) is 42.8 Å². The average molecular weight is 312 g/mol. The van der Waals surface area contributed by atoms with Gasteiger partial charge in [-0.05, 0) is 13.3 Å². The van der Waals surface area contributed by atoms with Crippen LogP contribution in [0.3, 0.4) is 0 Å². The Labute approximate surface area is 96.5 Å². The fourth-order valence-electron chi connectivity index (χ4n) is 0.970. The highest BCUT2D eigenvalue weighted by Crippen LogP contribution is 2.26. The van der Waals surface area contributed by atoms with Crippen LogP contribution in [0.25, 0.3) is 0 Å². The molecule has 1 rings (SSSR count). The van der Waals surface area contributed by atoms with Gasteiger partial charge in [0.15, 0.2) is 0 Å². The summed E-state index contributed by atoms with van der Waals surface area (Å²) in [6, 6.07) is 0. The Hall–Kier alpha value is -0.330. The maximum atomic E-state index is 11.5. The molecule has 1 aliphatic heterocycles. The molecular formula is C9H13IO4. The van der Waals surface area contributed by atoms with Crippen molar-refractivity contribution in [3.8, 4) is 0 Å². The maximum absolute atomic E-state index is 11.5. The van der Waals surface area contributed by atoms with Crippen LogP contribution in [0.5, 0.6) is 0 Å². The quantitative estimate of drug-likeness (QED) is 0.453. The first-order valence-electron chi connectivity index (χ1n) is 4.55. The van der Waals surface area contributed by atoms with Crippen molar-refractivity contribution >= 4 is 34.5 Å². The zero-order valence-electron chi connectivity index (χ0n) is 8.21. The summed E-state index contributed by atoms with van der Waals surface area (Å²) in [4.78, 5) is 22.3. The molecule has 2 atom stereocenters. The van der Waals surface area contributed by atoms with Crippen LogP contribution in [-0.2, 0) is 19.1 Å². The summed E-state index contributed by atoms with van der Waals surface area (Å²) >= 11 is 2.04. The molecule has 1 saturated heterocycles. The van der Waals surface area contributed by atoms with Gasteiger partial charge in [-0.2, -0.15) is 0 Å². The monoisotopic (exact) mass is 312 g/mol. The Morgan fingerprint density at radius 3 is 2.86 bits per heavy atom. The second-order valence-electron chi connectivity index (χ2n) is 3.41. The summed E-state index contributed by atoms with van der Waals surface area (Å²) in [6.45, 7) is 3.71. The van der Waals surface area contributed by atoms with Gasteiger partial charge in [0.2, 0.25) is 6.29 Å². The second kappa shape index (κ2) is 4.46. The Balaban J connectivity index is 2.45. The zero-order valence-corrected chi connectivity index (χ0v) is 10.4. The third-order valence-corrected chi connectivity index (χ3v) is 3.38. The molecule has 0 radical (unpaired) electrons. The van der Waals surface area contributed by atoms with E-state index in [1.807, 2.05) is 29.5 Å². The van der Waals surface area contributed by atoms with Crippen molar-refractivity contribution in [3.05, 3.63) is 0 Å². The molecule has 0 aromatic heterocycles. The van der Waals surface area contributed by atoms with Gasteiger partial charge in [-0.3, -0.25) is 9.59 Å². The van der Waals surface area contributed by atoms with E-state index in [2.05, 4.69) is 0 Å². The highest BCUT2D eigenvalue weighted by molar-refractivity contribution is 14.1. The van der Waals surface area contributed by atoms with E-state index in [0.29, 0.717) is 19.3 Å². The van der Waals surface area contributed by atoms with Gasteiger partial charge in [0.25, 0.3) is 0 Å². The normalized spacial score (nSPS) is 25.4. The maximum Gasteiger partial charge on any atom is 0.324 e. The smallest absolute Gasteiger partial charge is 0.324 e. The molecular weight excluding hydrogens is 299 g/mol. The van der Waals surface area contributed by atoms with E-state index in [4.69, 9.17) is 9.47 Å². The number of esters is 2. The topological polar surface area (TPSA) is 52.6 Å². The van der Waals surface area contributed by atoms with Gasteiger partial charge in [-0.1, -0.05) is 29.5 Å². The Bertz CT molecular complexity index is 249. The second-order valence-corrected chi connectivity index (χ2v) is 5.80. The molecule has 4 nitrogen and oxygen atoms in total. The number of halogens is 1. The lowest BCUT2D eigenvalue weighted by Crippen LogP contribution is -2.32. The third-order valence-electron chi connectivity index (χ3n) is 2.18. The summed E-state index contributed by atoms with van der Waals surface area (Å²) in [5.74, 6) is -0.616. The van der Waals surface area contributed by atoms with Crippen molar-refractivity contribution in [2.24, 2.45) is 0 Å². The number of rotatable bonds is 3. The van der Waals surface area contributed by atoms with Crippen molar-refractivity contribution in [2.75, 3.05) is 0 Å². The van der Waals surface area contributed by atoms with Crippen LogP contribution >= 0.6 is 22.6 Å². The molecule has 0 amide bonds. The number of carbonyl (C=O) groups excluding carboxylic acids is 2. The highest BCUT2D eigenvalue weighted by atomic mass is 127. The molecule has 5 heteroatoms. The van der Waals surface area contributed by atoms with Gasteiger partial charge in [-0.15, -0.1) is 0 Å². The first kappa shape index (κ1) is 11.7. The van der Waals surface area contributed by atoms with E-state index in [-0.39, 0.29) is 11.9 Å². The zero-order chi connectivity index (χ0) is 10.8. The van der Waals surface area contributed by atoms with Crippen LogP contribution in [0.15, 0.2) is 0 Å². The molecule has 80 valence electrons. The number of hydrogen-bond donors (Lipinski definition) is 0. The van der Waals surface area contributed by atoms with E-state index in [1.54, 1.807) is 6.92 Å². The van der Waals surface area contributed by atoms with Crippen LogP contribution in [-0.4, -0.2) is 21.7 Å². The van der Waals surface area contributed by atoms with Crippen molar-refractivity contribution in [1.82, 2.24) is 0 Å². The first-order chi connectivity index (χ1) is 6.45. The van der Waals surface area contributed by atoms with E-state index >= 15 is 0 Å². The van der Waals surface area contributed by atoms with Gasteiger partial charge in [-0.25, -0.2) is 0 Å². The lowest BCUT2D eigenvalue weighted by molar-refractivity contribution is -0.178. The van der Waals surface area contributed by atoms with Crippen molar-refractivity contribution in [3.63, 3.8) is 0 Å². The van der Waals surface area contributed by atoms with E-state index in [1.165, 1.54) is 0 Å². The summed E-state index contributed by atoms with van der Waals surface area (Å²) in [6.07, 6.45) is 0.825. The van der Waals surface area contributed by atoms with E-state index < -0.39 is 9.71 Å². The molecule has 0 saturated carbocycles. The van der Waals surface area contributed by atoms with Crippen LogP contribution in [0.1, 0.15) is 33.1 Å². The van der Waals surface area contributed by atoms with Crippen molar-refractivity contribution in [1.29, 1.82) is 0 Å². The molecule has 14 heavy (non-hydrogen) atoms. The minimum Gasteiger partial charge on any atom is -0.425 e. The van der Waals surface area contributed by atoms with Gasteiger partial charge in [0.1, 0.15) is 3.42 Å². The fraction of sp³-hybridized carbons (Fsp3) is 0.778. The largest absolute Gasteiger partial charge is 0.425 e. The predicted octanol–water partition coefficient (Wildman–Crippen LogP) is 1.80. The van der Waals surface area contributed by atoms with Gasteiger partial charge in [0, 0.05) is 6.42 Å². The Morgan fingerprint density at radius 2 is 2.43 bits per heavy atom. The van der Waals surface area contributed by atoms with Crippen molar-refractivity contribution < 1.29 is 19.1 Å². The minimum absolute atomic E-state index is 0.297. The van der Waals surface area contributed by atoms with Crippen LogP contribution in [0.4, 0.5) is 0 Å². The molecule has 0 bridgehead atoms. The van der Waals surface area contributed by atoms with Gasteiger partial charge in [0.05, 0.1) is 6.42 Å². The first-order valence-corrected chi connectivity index (χ1v) is 5.63. The number of cyclic esters (lactones) is 1. The van der Waals surface area contributed by atoms with Crippen LogP contribution in [0, 0.1) is 0 Å². The fourth-order valence-corrected chi connectivity index (χ4v) is 1.10. The minimum atomic E-state index is -0.671. The average Bonchev–Trinajstić information content (AvgIpc) is 2.51. The van der Waals surface area contributed by atoms with Crippen LogP contribution < -0.4 is 0 Å². The molecule has 0 spiro atoms. The number of alkyl halides is 1. The SMILES string of the molecule is CCC(C)(I)C(=O)OC1CCC(=O)O1. The molecule has 1 fully saturated rings. The Morgan fingerprint density at radius 1 is 1.79 bits per heavy atom. The third kappa shape index (κ3) is 2.83. The molecule has 2 unspecified atom stereocenters. The summed E-state index contributed by atoms with van der Waals surface area (Å²) in [5, 5.41) is 0. The summed E-state index contributed by atoms with van der Waals surface area (Å²) in [7, 11) is 0. The van der Waals surface area contributed by atoms with E-state index in [0.717, 1.165) is 0 Å². The number of ether oxygens (including phenoxy) is 2. The summed E-state index contributed by atoms with van der Waals surface area (Å²) < 4.78 is 9.30. The molecule has 0 aromatic carbocycles. The summed E-state index contributed by atoms with van der Waals surface area (Å²) in [5.41, 5.74) is 0. The molecule has 1 aliphatic rings. The van der Waals surface area contributed by atoms with Gasteiger partial charge >= 0.3 is 11.9 Å². The Kier molecular flexibility index (Phi) is 3.74. The van der Waals surface area contributed by atoms with Crippen LogP contribution in [0.2, 0.25) is 0 Å². The lowest BCUT2D eigenvalue weighted by Gasteiger charge is -2.20. The highest BCUT2D eigenvalue weighted by Gasteiger charge is 2.34. The predicted molar refractivity (Wildman–Crippen MR) is 57.9 cm³/mol. The number of hydrogen-bond acceptors (Lipinski definition) is 4. The lowest BCUT2D eigenvalue weighted by atomic mass is 10.1. The molecule has 0 aromatic rings. The standard InChI is InChI=1S/C9H13IO4/c1-3-9(2,10)8(12)14-7-5-4-6(11)13-7/h7H,3-5H2,1-2H3. The molecule has 0 aliphatic carbocycles. The van der Waals surface area contributed by atoms with E-state index in [9.17, 15) is 9.59 Å². The number of carbonyl (C=O) groups is 2. The van der Waals surface area contributed by atoms with Gasteiger partial charge < -0.3 is 9.47 Å².